The van der Waals surface area contributed by atoms with Crippen LogP contribution in [0.5, 0.6) is 5.75 Å². The Hall–Kier alpha value is -1.44. The van der Waals surface area contributed by atoms with Gasteiger partial charge in [-0.3, -0.25) is 0 Å². The van der Waals surface area contributed by atoms with Gasteiger partial charge >= 0.3 is 0 Å². The van der Waals surface area contributed by atoms with Crippen molar-refractivity contribution in [3.63, 3.8) is 0 Å². The average Bonchev–Trinajstić information content (AvgIpc) is 2.99. The Labute approximate surface area is 129 Å². The lowest BCUT2D eigenvalue weighted by molar-refractivity contribution is 0.340. The molecule has 1 aromatic carbocycles. The van der Waals surface area contributed by atoms with Gasteiger partial charge in [0.1, 0.15) is 5.75 Å². The van der Waals surface area contributed by atoms with Crippen molar-refractivity contribution in [3.8, 4) is 5.75 Å². The maximum absolute atomic E-state index is 12.4. The highest BCUT2D eigenvalue weighted by Gasteiger charge is 2.20. The zero-order chi connectivity index (χ0) is 15.3. The van der Waals surface area contributed by atoms with E-state index in [4.69, 9.17) is 4.74 Å². The summed E-state index contributed by atoms with van der Waals surface area (Å²) in [5.41, 5.74) is 0. The number of rotatable bonds is 7. The SMILES string of the molecule is CCOc1ccc(S(=O)(=O)N(C)CCc2nccs2)cc1. The van der Waals surface area contributed by atoms with E-state index < -0.39 is 10.0 Å². The molecule has 7 heteroatoms. The van der Waals surface area contributed by atoms with Gasteiger partial charge in [0.2, 0.25) is 10.0 Å². The highest BCUT2D eigenvalue weighted by molar-refractivity contribution is 7.89. The topological polar surface area (TPSA) is 59.5 Å². The van der Waals surface area contributed by atoms with E-state index in [1.54, 1.807) is 37.5 Å². The molecule has 0 aliphatic heterocycles. The second-order valence-corrected chi connectivity index (χ2v) is 7.43. The Morgan fingerprint density at radius 2 is 2.00 bits per heavy atom. The van der Waals surface area contributed by atoms with Gasteiger partial charge in [0.25, 0.3) is 0 Å². The van der Waals surface area contributed by atoms with Crippen molar-refractivity contribution in [2.24, 2.45) is 0 Å². The first-order chi connectivity index (χ1) is 10.0. The minimum Gasteiger partial charge on any atom is -0.494 e. The van der Waals surface area contributed by atoms with Crippen LogP contribution in [0.15, 0.2) is 40.7 Å². The zero-order valence-electron chi connectivity index (χ0n) is 12.0. The minimum absolute atomic E-state index is 0.271. The molecule has 1 heterocycles. The number of likely N-dealkylation sites (N-methyl/N-ethyl adjacent to an activating group) is 1. The van der Waals surface area contributed by atoms with Crippen LogP contribution in [0, 0.1) is 0 Å². The van der Waals surface area contributed by atoms with Crippen molar-refractivity contribution in [2.75, 3.05) is 20.2 Å². The molecule has 0 fully saturated rings. The van der Waals surface area contributed by atoms with Crippen molar-refractivity contribution in [1.82, 2.24) is 9.29 Å². The molecule has 0 bridgehead atoms. The van der Waals surface area contributed by atoms with Crippen LogP contribution < -0.4 is 4.74 Å². The van der Waals surface area contributed by atoms with Gasteiger partial charge in [0.05, 0.1) is 16.5 Å². The number of aromatic nitrogens is 1. The van der Waals surface area contributed by atoms with Crippen LogP contribution in [0.3, 0.4) is 0 Å². The third kappa shape index (κ3) is 4.03. The first-order valence-electron chi connectivity index (χ1n) is 6.61. The third-order valence-corrected chi connectivity index (χ3v) is 5.68. The number of sulfonamides is 1. The van der Waals surface area contributed by atoms with Gasteiger partial charge in [-0.1, -0.05) is 0 Å². The van der Waals surface area contributed by atoms with Crippen LogP contribution >= 0.6 is 11.3 Å². The standard InChI is InChI=1S/C14H18N2O3S2/c1-3-19-12-4-6-13(7-5-12)21(17,18)16(2)10-8-14-15-9-11-20-14/h4-7,9,11H,3,8,10H2,1-2H3. The third-order valence-electron chi connectivity index (χ3n) is 2.97. The highest BCUT2D eigenvalue weighted by Crippen LogP contribution is 2.19. The highest BCUT2D eigenvalue weighted by atomic mass is 32.2. The smallest absolute Gasteiger partial charge is 0.242 e. The fourth-order valence-electron chi connectivity index (χ4n) is 1.80. The summed E-state index contributed by atoms with van der Waals surface area (Å²) in [6.45, 7) is 2.85. The quantitative estimate of drug-likeness (QED) is 0.784. The molecule has 2 aromatic rings. The summed E-state index contributed by atoms with van der Waals surface area (Å²) in [4.78, 5) is 4.43. The van der Waals surface area contributed by atoms with Gasteiger partial charge in [0, 0.05) is 31.6 Å². The molecule has 0 N–H and O–H groups in total. The lowest BCUT2D eigenvalue weighted by atomic mass is 10.3. The molecule has 114 valence electrons. The molecular formula is C14H18N2O3S2. The van der Waals surface area contributed by atoms with E-state index in [0.717, 1.165) is 5.01 Å². The van der Waals surface area contributed by atoms with Gasteiger partial charge < -0.3 is 4.74 Å². The molecular weight excluding hydrogens is 308 g/mol. The van der Waals surface area contributed by atoms with E-state index in [2.05, 4.69) is 4.98 Å². The summed E-state index contributed by atoms with van der Waals surface area (Å²) < 4.78 is 31.5. The lowest BCUT2D eigenvalue weighted by Gasteiger charge is -2.16. The first-order valence-corrected chi connectivity index (χ1v) is 8.93. The second kappa shape index (κ2) is 7.02. The van der Waals surface area contributed by atoms with Crippen molar-refractivity contribution in [3.05, 3.63) is 40.8 Å². The van der Waals surface area contributed by atoms with Crippen molar-refractivity contribution >= 4 is 21.4 Å². The van der Waals surface area contributed by atoms with Crippen molar-refractivity contribution < 1.29 is 13.2 Å². The molecule has 0 radical (unpaired) electrons. The molecule has 0 unspecified atom stereocenters. The van der Waals surface area contributed by atoms with Crippen molar-refractivity contribution in [2.45, 2.75) is 18.2 Å². The largest absolute Gasteiger partial charge is 0.494 e. The molecule has 0 atom stereocenters. The predicted octanol–water partition coefficient (Wildman–Crippen LogP) is 2.41. The fourth-order valence-corrected chi connectivity index (χ4v) is 3.59. The Morgan fingerprint density at radius 1 is 1.29 bits per heavy atom. The number of nitrogens with zero attached hydrogens (tertiary/aromatic N) is 2. The maximum Gasteiger partial charge on any atom is 0.242 e. The summed E-state index contributed by atoms with van der Waals surface area (Å²) in [7, 11) is -1.89. The van der Waals surface area contributed by atoms with E-state index in [9.17, 15) is 8.42 Å². The monoisotopic (exact) mass is 326 g/mol. The summed E-state index contributed by atoms with van der Waals surface area (Å²) >= 11 is 1.53. The zero-order valence-corrected chi connectivity index (χ0v) is 13.7. The van der Waals surface area contributed by atoms with Gasteiger partial charge in [-0.2, -0.15) is 0 Å². The van der Waals surface area contributed by atoms with Crippen LogP contribution in [0.1, 0.15) is 11.9 Å². The average molecular weight is 326 g/mol. The van der Waals surface area contributed by atoms with Gasteiger partial charge in [-0.15, -0.1) is 11.3 Å². The molecule has 5 nitrogen and oxygen atoms in total. The Balaban J connectivity index is 2.05. The summed E-state index contributed by atoms with van der Waals surface area (Å²) in [6, 6.07) is 6.48. The van der Waals surface area contributed by atoms with E-state index in [1.807, 2.05) is 12.3 Å². The van der Waals surface area contributed by atoms with Gasteiger partial charge in [0.15, 0.2) is 0 Å². The number of benzene rings is 1. The molecule has 0 aliphatic carbocycles. The maximum atomic E-state index is 12.4. The minimum atomic E-state index is -3.47. The van der Waals surface area contributed by atoms with Gasteiger partial charge in [-0.05, 0) is 31.2 Å². The van der Waals surface area contributed by atoms with Crippen molar-refractivity contribution in [1.29, 1.82) is 0 Å². The fraction of sp³-hybridized carbons (Fsp3) is 0.357. The Bertz CT molecular complexity index is 652. The predicted molar refractivity (Wildman–Crippen MR) is 83.2 cm³/mol. The van der Waals surface area contributed by atoms with E-state index in [-0.39, 0.29) is 4.90 Å². The van der Waals surface area contributed by atoms with E-state index in [0.29, 0.717) is 25.3 Å². The van der Waals surface area contributed by atoms with Gasteiger partial charge in [-0.25, -0.2) is 17.7 Å². The Morgan fingerprint density at radius 3 is 2.57 bits per heavy atom. The first kappa shape index (κ1) is 15.9. The molecule has 21 heavy (non-hydrogen) atoms. The number of ether oxygens (including phenoxy) is 1. The molecule has 0 saturated heterocycles. The number of hydrogen-bond acceptors (Lipinski definition) is 5. The Kier molecular flexibility index (Phi) is 5.33. The molecule has 0 aliphatic rings. The lowest BCUT2D eigenvalue weighted by Crippen LogP contribution is -2.29. The van der Waals surface area contributed by atoms with Crippen LogP contribution in [0.25, 0.3) is 0 Å². The normalized spacial score (nSPS) is 11.8. The molecule has 0 amide bonds. The molecule has 2 rings (SSSR count). The van der Waals surface area contributed by atoms with Crippen LogP contribution in [-0.4, -0.2) is 37.9 Å². The van der Waals surface area contributed by atoms with E-state index >= 15 is 0 Å². The van der Waals surface area contributed by atoms with E-state index in [1.165, 1.54) is 15.6 Å². The molecule has 0 saturated carbocycles. The second-order valence-electron chi connectivity index (χ2n) is 4.41. The molecule has 1 aromatic heterocycles. The number of thiazole rings is 1. The molecule has 0 spiro atoms. The van der Waals surface area contributed by atoms with Crippen LogP contribution in [-0.2, 0) is 16.4 Å². The number of hydrogen-bond donors (Lipinski definition) is 0. The summed E-state index contributed by atoms with van der Waals surface area (Å²) in [6.07, 6.45) is 2.34. The van der Waals surface area contributed by atoms with Crippen LogP contribution in [0.4, 0.5) is 0 Å². The van der Waals surface area contributed by atoms with Crippen LogP contribution in [0.2, 0.25) is 0 Å². The summed E-state index contributed by atoms with van der Waals surface area (Å²) in [5.74, 6) is 0.668. The summed E-state index contributed by atoms with van der Waals surface area (Å²) in [5, 5.41) is 2.82.